The van der Waals surface area contributed by atoms with Gasteiger partial charge in [0.1, 0.15) is 6.04 Å². The predicted octanol–water partition coefficient (Wildman–Crippen LogP) is 2.90. The van der Waals surface area contributed by atoms with Gasteiger partial charge in [0, 0.05) is 6.04 Å². The fourth-order valence-corrected chi connectivity index (χ4v) is 5.08. The SMILES string of the molecule is CC(C)(C)C(NC1C2CC3CC(C2)CC1C3)C(=O)O. The highest BCUT2D eigenvalue weighted by Gasteiger charge is 2.49. The van der Waals surface area contributed by atoms with Gasteiger partial charge >= 0.3 is 5.97 Å². The van der Waals surface area contributed by atoms with Crippen molar-refractivity contribution in [3.05, 3.63) is 0 Å². The molecule has 3 heteroatoms. The van der Waals surface area contributed by atoms with E-state index in [1.165, 1.54) is 32.1 Å². The van der Waals surface area contributed by atoms with E-state index >= 15 is 0 Å². The molecule has 0 aromatic heterocycles. The Kier molecular flexibility index (Phi) is 3.16. The lowest BCUT2D eigenvalue weighted by Gasteiger charge is -2.55. The monoisotopic (exact) mass is 265 g/mol. The molecule has 19 heavy (non-hydrogen) atoms. The Morgan fingerprint density at radius 2 is 1.53 bits per heavy atom. The maximum atomic E-state index is 11.6. The Morgan fingerprint density at radius 1 is 1.05 bits per heavy atom. The number of rotatable bonds is 3. The van der Waals surface area contributed by atoms with Crippen molar-refractivity contribution < 1.29 is 9.90 Å². The summed E-state index contributed by atoms with van der Waals surface area (Å²) in [5.41, 5.74) is -0.222. The van der Waals surface area contributed by atoms with Gasteiger partial charge in [-0.05, 0) is 61.2 Å². The van der Waals surface area contributed by atoms with E-state index in [4.69, 9.17) is 0 Å². The molecule has 1 atom stereocenters. The molecule has 2 N–H and O–H groups in total. The summed E-state index contributed by atoms with van der Waals surface area (Å²) < 4.78 is 0. The minimum Gasteiger partial charge on any atom is -0.480 e. The zero-order chi connectivity index (χ0) is 13.8. The number of aliphatic carboxylic acids is 1. The van der Waals surface area contributed by atoms with Crippen molar-refractivity contribution in [2.75, 3.05) is 0 Å². The summed E-state index contributed by atoms with van der Waals surface area (Å²) in [7, 11) is 0. The molecule has 4 aliphatic rings. The average molecular weight is 265 g/mol. The average Bonchev–Trinajstić information content (AvgIpc) is 2.24. The largest absolute Gasteiger partial charge is 0.480 e. The normalized spacial score (nSPS) is 42.4. The molecule has 0 amide bonds. The fraction of sp³-hybridized carbons (Fsp3) is 0.938. The molecule has 0 spiro atoms. The maximum Gasteiger partial charge on any atom is 0.321 e. The Balaban J connectivity index is 1.74. The lowest BCUT2D eigenvalue weighted by molar-refractivity contribution is -0.143. The summed E-state index contributed by atoms with van der Waals surface area (Å²) in [4.78, 5) is 11.6. The van der Waals surface area contributed by atoms with Gasteiger partial charge < -0.3 is 10.4 Å². The first-order valence-corrected chi connectivity index (χ1v) is 7.83. The van der Waals surface area contributed by atoms with E-state index in [0.29, 0.717) is 6.04 Å². The molecule has 0 aromatic rings. The molecule has 4 bridgehead atoms. The Labute approximate surface area is 116 Å². The highest BCUT2D eigenvalue weighted by atomic mass is 16.4. The van der Waals surface area contributed by atoms with Crippen molar-refractivity contribution in [3.63, 3.8) is 0 Å². The standard InChI is InChI=1S/C16H27NO2/c1-16(2,3)14(15(18)19)17-13-11-5-9-4-10(7-11)8-12(13)6-9/h9-14,17H,4-8H2,1-3H3,(H,18,19). The molecule has 0 saturated heterocycles. The number of carboxylic acids is 1. The number of nitrogens with one attached hydrogen (secondary N) is 1. The molecule has 0 heterocycles. The van der Waals surface area contributed by atoms with Crippen molar-refractivity contribution in [1.82, 2.24) is 5.32 Å². The summed E-state index contributed by atoms with van der Waals surface area (Å²) in [6, 6.07) is 0.0307. The molecule has 3 nitrogen and oxygen atoms in total. The van der Waals surface area contributed by atoms with Crippen LogP contribution in [-0.2, 0) is 4.79 Å². The predicted molar refractivity (Wildman–Crippen MR) is 74.8 cm³/mol. The summed E-state index contributed by atoms with van der Waals surface area (Å²) >= 11 is 0. The number of hydrogen-bond donors (Lipinski definition) is 2. The van der Waals surface area contributed by atoms with Crippen molar-refractivity contribution in [2.24, 2.45) is 29.1 Å². The zero-order valence-corrected chi connectivity index (χ0v) is 12.4. The molecule has 4 fully saturated rings. The minimum atomic E-state index is -0.693. The van der Waals surface area contributed by atoms with Crippen molar-refractivity contribution >= 4 is 5.97 Å². The van der Waals surface area contributed by atoms with Crippen LogP contribution in [0, 0.1) is 29.1 Å². The minimum absolute atomic E-state index is 0.222. The van der Waals surface area contributed by atoms with E-state index in [-0.39, 0.29) is 5.41 Å². The molecule has 0 aliphatic heterocycles. The molecule has 108 valence electrons. The van der Waals surface area contributed by atoms with Gasteiger partial charge in [-0.25, -0.2) is 0 Å². The zero-order valence-electron chi connectivity index (χ0n) is 12.4. The van der Waals surface area contributed by atoms with E-state index in [1.807, 2.05) is 20.8 Å². The Morgan fingerprint density at radius 3 is 1.89 bits per heavy atom. The van der Waals surface area contributed by atoms with Gasteiger partial charge in [-0.2, -0.15) is 0 Å². The van der Waals surface area contributed by atoms with Crippen LogP contribution in [0.1, 0.15) is 52.9 Å². The van der Waals surface area contributed by atoms with Crippen LogP contribution in [0.4, 0.5) is 0 Å². The highest BCUT2D eigenvalue weighted by molar-refractivity contribution is 5.74. The maximum absolute atomic E-state index is 11.6. The molecule has 0 radical (unpaired) electrons. The second kappa shape index (κ2) is 4.47. The molecule has 1 unspecified atom stereocenters. The molecule has 4 saturated carbocycles. The topological polar surface area (TPSA) is 49.3 Å². The van der Waals surface area contributed by atoms with Gasteiger partial charge in [-0.15, -0.1) is 0 Å². The van der Waals surface area contributed by atoms with Gasteiger partial charge in [0.2, 0.25) is 0 Å². The smallest absolute Gasteiger partial charge is 0.321 e. The van der Waals surface area contributed by atoms with Crippen molar-refractivity contribution in [2.45, 2.75) is 65.0 Å². The molecule has 0 aromatic carbocycles. The summed E-state index contributed by atoms with van der Waals surface area (Å²) in [6.45, 7) is 6.07. The van der Waals surface area contributed by atoms with E-state index < -0.39 is 12.0 Å². The first-order chi connectivity index (χ1) is 8.84. The van der Waals surface area contributed by atoms with Crippen LogP contribution in [0.25, 0.3) is 0 Å². The Bertz CT molecular complexity index is 343. The summed E-state index contributed by atoms with van der Waals surface area (Å²) in [6.07, 6.45) is 6.78. The van der Waals surface area contributed by atoms with E-state index in [0.717, 1.165) is 23.7 Å². The molecular formula is C16H27NO2. The number of carbonyl (C=O) groups is 1. The van der Waals surface area contributed by atoms with E-state index in [1.54, 1.807) is 0 Å². The van der Waals surface area contributed by atoms with Gasteiger partial charge in [0.15, 0.2) is 0 Å². The Hall–Kier alpha value is -0.570. The second-order valence-electron chi connectivity index (χ2n) is 8.26. The first kappa shape index (κ1) is 13.4. The number of carboxylic acid groups (broad SMARTS) is 1. The van der Waals surface area contributed by atoms with Crippen LogP contribution in [0.15, 0.2) is 0 Å². The van der Waals surface area contributed by atoms with Crippen LogP contribution >= 0.6 is 0 Å². The molecular weight excluding hydrogens is 238 g/mol. The van der Waals surface area contributed by atoms with Crippen LogP contribution in [0.2, 0.25) is 0 Å². The summed E-state index contributed by atoms with van der Waals surface area (Å²) in [5.74, 6) is 2.67. The second-order valence-corrected chi connectivity index (χ2v) is 8.26. The summed E-state index contributed by atoms with van der Waals surface area (Å²) in [5, 5.41) is 13.0. The van der Waals surface area contributed by atoms with Gasteiger partial charge in [0.05, 0.1) is 0 Å². The molecule has 4 rings (SSSR count). The fourth-order valence-electron chi connectivity index (χ4n) is 5.08. The third kappa shape index (κ3) is 2.42. The van der Waals surface area contributed by atoms with Crippen LogP contribution in [0.3, 0.4) is 0 Å². The van der Waals surface area contributed by atoms with Gasteiger partial charge in [-0.3, -0.25) is 4.79 Å². The van der Waals surface area contributed by atoms with Crippen LogP contribution < -0.4 is 5.32 Å². The lowest BCUT2D eigenvalue weighted by atomic mass is 9.54. The third-order valence-corrected chi connectivity index (χ3v) is 5.70. The van der Waals surface area contributed by atoms with Crippen LogP contribution in [-0.4, -0.2) is 23.2 Å². The van der Waals surface area contributed by atoms with Gasteiger partial charge in [-0.1, -0.05) is 20.8 Å². The molecule has 4 aliphatic carbocycles. The number of hydrogen-bond acceptors (Lipinski definition) is 2. The van der Waals surface area contributed by atoms with E-state index in [9.17, 15) is 9.90 Å². The quantitative estimate of drug-likeness (QED) is 0.825. The van der Waals surface area contributed by atoms with Gasteiger partial charge in [0.25, 0.3) is 0 Å². The third-order valence-electron chi connectivity index (χ3n) is 5.70. The lowest BCUT2D eigenvalue weighted by Crippen LogP contribution is -2.60. The first-order valence-electron chi connectivity index (χ1n) is 7.83. The van der Waals surface area contributed by atoms with Crippen LogP contribution in [0.5, 0.6) is 0 Å². The van der Waals surface area contributed by atoms with Crippen molar-refractivity contribution in [1.29, 1.82) is 0 Å². The van der Waals surface area contributed by atoms with Crippen molar-refractivity contribution in [3.8, 4) is 0 Å². The van der Waals surface area contributed by atoms with E-state index in [2.05, 4.69) is 5.32 Å². The highest BCUT2D eigenvalue weighted by Crippen LogP contribution is 2.53.